The Hall–Kier alpha value is -3.38. The minimum absolute atomic E-state index is 0.00935. The molecule has 10 nitrogen and oxygen atoms in total. The number of sulfonamides is 1. The predicted molar refractivity (Wildman–Crippen MR) is 124 cm³/mol. The summed E-state index contributed by atoms with van der Waals surface area (Å²) in [6.07, 6.45) is 1.19. The average molecular weight is 493 g/mol. The first-order valence-corrected chi connectivity index (χ1v) is 12.9. The number of phenolic OH excluding ortho intramolecular Hbond substituents is 1. The second-order valence-corrected chi connectivity index (χ2v) is 11.6. The highest BCUT2D eigenvalue weighted by Crippen LogP contribution is 2.30. The molecule has 0 spiro atoms. The van der Waals surface area contributed by atoms with Gasteiger partial charge in [-0.1, -0.05) is 24.6 Å². The fourth-order valence-electron chi connectivity index (χ4n) is 3.11. The molecule has 0 saturated carbocycles. The van der Waals surface area contributed by atoms with Gasteiger partial charge in [-0.2, -0.15) is 5.10 Å². The van der Waals surface area contributed by atoms with E-state index < -0.39 is 25.8 Å². The maximum atomic E-state index is 13.1. The summed E-state index contributed by atoms with van der Waals surface area (Å²) >= 11 is 0. The molecule has 0 aliphatic carbocycles. The fraction of sp³-hybridized carbons (Fsp3) is 0.238. The van der Waals surface area contributed by atoms with Gasteiger partial charge in [0.15, 0.2) is 15.7 Å². The quantitative estimate of drug-likeness (QED) is 0.483. The highest BCUT2D eigenvalue weighted by Gasteiger charge is 2.29. The van der Waals surface area contributed by atoms with E-state index in [-0.39, 0.29) is 38.4 Å². The number of hydrogen-bond donors (Lipinski definition) is 2. The van der Waals surface area contributed by atoms with Crippen LogP contribution in [0.5, 0.6) is 5.75 Å². The molecule has 0 atom stereocenters. The molecule has 1 heterocycles. The van der Waals surface area contributed by atoms with Crippen LogP contribution in [-0.2, 0) is 26.9 Å². The molecule has 0 fully saturated rings. The molecule has 1 aromatic heterocycles. The first-order chi connectivity index (χ1) is 15.4. The number of nitrogens with one attached hydrogen (secondary N) is 1. The number of aromatic hydroxyl groups is 1. The van der Waals surface area contributed by atoms with Crippen LogP contribution < -0.4 is 9.62 Å². The van der Waals surface area contributed by atoms with Crippen molar-refractivity contribution < 1.29 is 26.7 Å². The lowest BCUT2D eigenvalue weighted by atomic mass is 10.2. The van der Waals surface area contributed by atoms with Gasteiger partial charge >= 0.3 is 0 Å². The molecule has 33 heavy (non-hydrogen) atoms. The van der Waals surface area contributed by atoms with Gasteiger partial charge in [-0.25, -0.2) is 16.8 Å². The number of hydrogen-bond acceptors (Lipinski definition) is 7. The minimum Gasteiger partial charge on any atom is -0.506 e. The van der Waals surface area contributed by atoms with Crippen LogP contribution in [0.15, 0.2) is 58.5 Å². The van der Waals surface area contributed by atoms with Crippen LogP contribution in [0.25, 0.3) is 0 Å². The van der Waals surface area contributed by atoms with E-state index in [0.29, 0.717) is 0 Å². The van der Waals surface area contributed by atoms with Crippen molar-refractivity contribution in [2.24, 2.45) is 7.05 Å². The van der Waals surface area contributed by atoms with Crippen molar-refractivity contribution in [1.82, 2.24) is 9.78 Å². The fourth-order valence-corrected chi connectivity index (χ4v) is 5.26. The summed E-state index contributed by atoms with van der Waals surface area (Å²) in [5, 5.41) is 16.6. The van der Waals surface area contributed by atoms with Crippen molar-refractivity contribution in [3.8, 4) is 5.75 Å². The maximum absolute atomic E-state index is 13.1. The van der Waals surface area contributed by atoms with Crippen molar-refractivity contribution >= 4 is 37.3 Å². The summed E-state index contributed by atoms with van der Waals surface area (Å²) in [5.41, 5.74) is 0.677. The number of benzene rings is 2. The monoisotopic (exact) mass is 492 g/mol. The van der Waals surface area contributed by atoms with Crippen molar-refractivity contribution in [1.29, 1.82) is 0 Å². The Kier molecular flexibility index (Phi) is 6.52. The zero-order valence-corrected chi connectivity index (χ0v) is 20.1. The van der Waals surface area contributed by atoms with Crippen LogP contribution in [0.2, 0.25) is 0 Å². The lowest BCUT2D eigenvalue weighted by molar-refractivity contribution is 0.102. The van der Waals surface area contributed by atoms with Crippen molar-refractivity contribution in [2.45, 2.75) is 23.6 Å². The van der Waals surface area contributed by atoms with Gasteiger partial charge in [0, 0.05) is 14.1 Å². The molecule has 0 aliphatic heterocycles. The molecule has 0 saturated heterocycles. The number of aromatic nitrogens is 2. The van der Waals surface area contributed by atoms with Gasteiger partial charge in [0.2, 0.25) is 0 Å². The number of carbonyl (C=O) groups excluding carboxylic acids is 1. The van der Waals surface area contributed by atoms with Gasteiger partial charge in [0.25, 0.3) is 15.9 Å². The van der Waals surface area contributed by atoms with Crippen LogP contribution in [0, 0.1) is 6.92 Å². The van der Waals surface area contributed by atoms with Crippen molar-refractivity contribution in [3.63, 3.8) is 0 Å². The summed E-state index contributed by atoms with van der Waals surface area (Å²) in [5.74, 6) is -1.28. The Balaban J connectivity index is 1.98. The molecule has 3 aromatic rings. The molecule has 2 aromatic carbocycles. The summed E-state index contributed by atoms with van der Waals surface area (Å²) in [6, 6.07) is 9.81. The molecular formula is C21H24N4O6S2. The standard InChI is InChI=1S/C21H24N4O6S2/c1-5-32(28,29)16-10-11-19(26)18(12-16)23-20(27)17-13-22-24(3)21(17)25(4)33(30,31)15-8-6-14(2)7-9-15/h6-13,26H,5H2,1-4H3,(H,23,27). The number of aryl methyl sites for hydroxylation is 2. The first kappa shape index (κ1) is 24.3. The number of sulfone groups is 1. The zero-order valence-electron chi connectivity index (χ0n) is 18.5. The third kappa shape index (κ3) is 4.71. The molecule has 0 bridgehead atoms. The first-order valence-electron chi connectivity index (χ1n) is 9.83. The summed E-state index contributed by atoms with van der Waals surface area (Å²) in [6.45, 7) is 3.31. The third-order valence-corrected chi connectivity index (χ3v) is 8.58. The van der Waals surface area contributed by atoms with E-state index in [4.69, 9.17) is 0 Å². The van der Waals surface area contributed by atoms with Gasteiger partial charge in [-0.15, -0.1) is 0 Å². The molecule has 3 rings (SSSR count). The number of phenols is 1. The topological polar surface area (TPSA) is 139 Å². The predicted octanol–water partition coefficient (Wildman–Crippen LogP) is 2.31. The Morgan fingerprint density at radius 2 is 1.70 bits per heavy atom. The van der Waals surface area contributed by atoms with Gasteiger partial charge in [-0.3, -0.25) is 13.8 Å². The summed E-state index contributed by atoms with van der Waals surface area (Å²) in [7, 11) is -4.79. The number of anilines is 2. The average Bonchev–Trinajstić information content (AvgIpc) is 3.16. The Morgan fingerprint density at radius 3 is 2.30 bits per heavy atom. The number of nitrogens with zero attached hydrogens (tertiary/aromatic N) is 3. The highest BCUT2D eigenvalue weighted by atomic mass is 32.2. The Morgan fingerprint density at radius 1 is 1.09 bits per heavy atom. The molecular weight excluding hydrogens is 468 g/mol. The normalized spacial score (nSPS) is 11.9. The van der Waals surface area contributed by atoms with Crippen LogP contribution >= 0.6 is 0 Å². The minimum atomic E-state index is -4.00. The van der Waals surface area contributed by atoms with Gasteiger partial charge in [0.05, 0.1) is 27.4 Å². The summed E-state index contributed by atoms with van der Waals surface area (Å²) in [4.78, 5) is 13.0. The van der Waals surface area contributed by atoms with Gasteiger partial charge in [-0.05, 0) is 37.3 Å². The Labute approximate surface area is 192 Å². The molecule has 0 unspecified atom stereocenters. The number of rotatable bonds is 7. The lowest BCUT2D eigenvalue weighted by Crippen LogP contribution is -2.30. The maximum Gasteiger partial charge on any atom is 0.265 e. The van der Waals surface area contributed by atoms with E-state index in [2.05, 4.69) is 10.4 Å². The van der Waals surface area contributed by atoms with Crippen LogP contribution in [-0.4, -0.2) is 50.4 Å². The van der Waals surface area contributed by atoms with E-state index in [1.165, 1.54) is 50.1 Å². The summed E-state index contributed by atoms with van der Waals surface area (Å²) < 4.78 is 52.7. The second kappa shape index (κ2) is 8.87. The van der Waals surface area contributed by atoms with E-state index in [1.54, 1.807) is 12.1 Å². The van der Waals surface area contributed by atoms with E-state index >= 15 is 0 Å². The van der Waals surface area contributed by atoms with Crippen LogP contribution in [0.4, 0.5) is 11.5 Å². The third-order valence-electron chi connectivity index (χ3n) is 5.09. The molecule has 1 amide bonds. The SMILES string of the molecule is CCS(=O)(=O)c1ccc(O)c(NC(=O)c2cnn(C)c2N(C)S(=O)(=O)c2ccc(C)cc2)c1. The van der Waals surface area contributed by atoms with Crippen molar-refractivity contribution in [3.05, 3.63) is 59.8 Å². The Bertz CT molecular complexity index is 1410. The molecule has 2 N–H and O–H groups in total. The molecule has 12 heteroatoms. The number of amides is 1. The van der Waals surface area contributed by atoms with E-state index in [1.807, 2.05) is 6.92 Å². The van der Waals surface area contributed by atoms with Gasteiger partial charge < -0.3 is 10.4 Å². The van der Waals surface area contributed by atoms with Crippen molar-refractivity contribution in [2.75, 3.05) is 22.4 Å². The number of carbonyl (C=O) groups is 1. The lowest BCUT2D eigenvalue weighted by Gasteiger charge is -2.21. The van der Waals surface area contributed by atoms with E-state index in [9.17, 15) is 26.7 Å². The molecule has 176 valence electrons. The van der Waals surface area contributed by atoms with E-state index in [0.717, 1.165) is 22.0 Å². The largest absolute Gasteiger partial charge is 0.506 e. The molecule has 0 aliphatic rings. The zero-order chi connectivity index (χ0) is 24.6. The van der Waals surface area contributed by atoms with Crippen LogP contribution in [0.3, 0.4) is 0 Å². The van der Waals surface area contributed by atoms with Gasteiger partial charge in [0.1, 0.15) is 11.3 Å². The smallest absolute Gasteiger partial charge is 0.265 e. The second-order valence-electron chi connectivity index (χ2n) is 7.33. The molecule has 0 radical (unpaired) electrons. The highest BCUT2D eigenvalue weighted by molar-refractivity contribution is 7.92. The van der Waals surface area contributed by atoms with Crippen LogP contribution in [0.1, 0.15) is 22.8 Å².